The molecule has 460 valence electrons. The lowest BCUT2D eigenvalue weighted by atomic mass is 10.0. The Kier molecular flexibility index (Phi) is 65.9. The topological polar surface area (TPSA) is 95.9 Å². The zero-order valence-corrected chi connectivity index (χ0v) is 52.7. The van der Waals surface area contributed by atoms with E-state index in [0.29, 0.717) is 19.4 Å². The number of unbranched alkanes of at least 4 members (excludes halogenated alkanes) is 51. The largest absolute Gasteiger partial charge is 0.466 e. The van der Waals surface area contributed by atoms with Crippen LogP contribution in [0.2, 0.25) is 0 Å². The third-order valence-corrected chi connectivity index (χ3v) is 16.4. The third kappa shape index (κ3) is 63.3. The average Bonchev–Trinajstić information content (AvgIpc) is 3.44. The molecule has 3 N–H and O–H groups in total. The van der Waals surface area contributed by atoms with Gasteiger partial charge in [-0.15, -0.1) is 0 Å². The van der Waals surface area contributed by atoms with Crippen molar-refractivity contribution >= 4 is 11.9 Å². The van der Waals surface area contributed by atoms with Crippen molar-refractivity contribution in [3.05, 3.63) is 36.5 Å². The molecule has 0 aliphatic rings. The molecule has 0 bridgehead atoms. The minimum absolute atomic E-state index is 0.00660. The van der Waals surface area contributed by atoms with Gasteiger partial charge in [0.05, 0.1) is 25.4 Å². The van der Waals surface area contributed by atoms with Crippen LogP contribution in [0.4, 0.5) is 0 Å². The molecule has 78 heavy (non-hydrogen) atoms. The second kappa shape index (κ2) is 67.6. The predicted octanol–water partition coefficient (Wildman–Crippen LogP) is 22.7. The number of esters is 1. The molecule has 0 aromatic heterocycles. The van der Waals surface area contributed by atoms with E-state index in [-0.39, 0.29) is 18.5 Å². The molecule has 0 fully saturated rings. The molecular formula is C72H137NO5. The summed E-state index contributed by atoms with van der Waals surface area (Å²) in [5.41, 5.74) is 0. The summed E-state index contributed by atoms with van der Waals surface area (Å²) in [6.07, 6.45) is 86.6. The quantitative estimate of drug-likeness (QED) is 0.0320. The molecule has 0 radical (unpaired) electrons. The van der Waals surface area contributed by atoms with Crippen LogP contribution in [0.25, 0.3) is 0 Å². The number of carbonyl (C=O) groups excluding carboxylic acids is 2. The Hall–Kier alpha value is -1.92. The average molecular weight is 1100 g/mol. The summed E-state index contributed by atoms with van der Waals surface area (Å²) >= 11 is 0. The van der Waals surface area contributed by atoms with Crippen LogP contribution in [-0.4, -0.2) is 47.4 Å². The highest BCUT2D eigenvalue weighted by Gasteiger charge is 2.18. The van der Waals surface area contributed by atoms with Gasteiger partial charge in [-0.25, -0.2) is 0 Å². The molecule has 2 unspecified atom stereocenters. The first-order chi connectivity index (χ1) is 38.5. The molecule has 0 rings (SSSR count). The Morgan fingerprint density at radius 2 is 0.641 bits per heavy atom. The van der Waals surface area contributed by atoms with E-state index in [1.807, 2.05) is 6.08 Å². The molecule has 0 spiro atoms. The van der Waals surface area contributed by atoms with Gasteiger partial charge >= 0.3 is 5.97 Å². The van der Waals surface area contributed by atoms with Crippen molar-refractivity contribution in [2.45, 2.75) is 398 Å². The second-order valence-electron chi connectivity index (χ2n) is 24.2. The molecule has 0 saturated carbocycles. The summed E-state index contributed by atoms with van der Waals surface area (Å²) in [6.45, 7) is 4.91. The van der Waals surface area contributed by atoms with Gasteiger partial charge in [-0.1, -0.05) is 346 Å². The molecule has 6 nitrogen and oxygen atoms in total. The number of aliphatic hydroxyl groups is 2. The van der Waals surface area contributed by atoms with Crippen LogP contribution in [0.5, 0.6) is 0 Å². The highest BCUT2D eigenvalue weighted by molar-refractivity contribution is 5.76. The fourth-order valence-electron chi connectivity index (χ4n) is 11.0. The van der Waals surface area contributed by atoms with Crippen molar-refractivity contribution in [3.8, 4) is 0 Å². The molecule has 0 aromatic carbocycles. The lowest BCUT2D eigenvalue weighted by Crippen LogP contribution is -2.45. The molecule has 0 saturated heterocycles. The van der Waals surface area contributed by atoms with Gasteiger partial charge in [-0.05, 0) is 64.2 Å². The number of nitrogens with one attached hydrogen (secondary N) is 1. The van der Waals surface area contributed by atoms with Crippen molar-refractivity contribution in [2.75, 3.05) is 13.2 Å². The fraction of sp³-hybridized carbons (Fsp3) is 0.889. The SMILES string of the molecule is CCCCCC/C=C\C/C=C\CCCCCCCC(=O)OCCCCCCCCCCCCCCCCCCCCCCCCCCCCCCCCC(=O)NC(CO)C(O)/C=C/CCCCCCCCCCCCCCC. The second-order valence-corrected chi connectivity index (χ2v) is 24.2. The Morgan fingerprint density at radius 1 is 0.359 bits per heavy atom. The van der Waals surface area contributed by atoms with E-state index < -0.39 is 12.1 Å². The van der Waals surface area contributed by atoms with E-state index in [9.17, 15) is 19.8 Å². The number of amides is 1. The van der Waals surface area contributed by atoms with Crippen LogP contribution in [0.1, 0.15) is 386 Å². The number of aliphatic hydroxyl groups excluding tert-OH is 2. The molecule has 0 aromatic rings. The zero-order valence-electron chi connectivity index (χ0n) is 52.7. The van der Waals surface area contributed by atoms with Gasteiger partial charge in [-0.2, -0.15) is 0 Å². The van der Waals surface area contributed by atoms with Crippen molar-refractivity contribution in [1.82, 2.24) is 5.32 Å². The number of ether oxygens (including phenoxy) is 1. The number of carbonyl (C=O) groups is 2. The van der Waals surface area contributed by atoms with Crippen molar-refractivity contribution < 1.29 is 24.5 Å². The van der Waals surface area contributed by atoms with Crippen molar-refractivity contribution in [2.24, 2.45) is 0 Å². The van der Waals surface area contributed by atoms with Gasteiger partial charge in [-0.3, -0.25) is 9.59 Å². The maximum Gasteiger partial charge on any atom is 0.305 e. The third-order valence-electron chi connectivity index (χ3n) is 16.4. The van der Waals surface area contributed by atoms with Crippen LogP contribution in [0, 0.1) is 0 Å². The van der Waals surface area contributed by atoms with E-state index in [1.165, 1.54) is 308 Å². The minimum atomic E-state index is -0.841. The Balaban J connectivity index is 3.35. The smallest absolute Gasteiger partial charge is 0.305 e. The van der Waals surface area contributed by atoms with Gasteiger partial charge in [0.25, 0.3) is 0 Å². The molecule has 0 aliphatic carbocycles. The first kappa shape index (κ1) is 76.1. The Labute approximate surface area is 487 Å². The summed E-state index contributed by atoms with van der Waals surface area (Å²) in [7, 11) is 0. The predicted molar refractivity (Wildman–Crippen MR) is 343 cm³/mol. The summed E-state index contributed by atoms with van der Waals surface area (Å²) in [6, 6.07) is -0.625. The van der Waals surface area contributed by atoms with Gasteiger partial charge in [0.15, 0.2) is 0 Å². The van der Waals surface area contributed by atoms with Crippen LogP contribution >= 0.6 is 0 Å². The zero-order chi connectivity index (χ0) is 56.4. The highest BCUT2D eigenvalue weighted by atomic mass is 16.5. The summed E-state index contributed by atoms with van der Waals surface area (Å²) < 4.78 is 5.49. The van der Waals surface area contributed by atoms with Gasteiger partial charge < -0.3 is 20.3 Å². The van der Waals surface area contributed by atoms with Crippen LogP contribution in [0.3, 0.4) is 0 Å². The van der Waals surface area contributed by atoms with E-state index in [2.05, 4.69) is 43.5 Å². The summed E-state index contributed by atoms with van der Waals surface area (Å²) in [4.78, 5) is 24.6. The highest BCUT2D eigenvalue weighted by Crippen LogP contribution is 2.19. The lowest BCUT2D eigenvalue weighted by molar-refractivity contribution is -0.143. The van der Waals surface area contributed by atoms with Crippen molar-refractivity contribution in [3.63, 3.8) is 0 Å². The Morgan fingerprint density at radius 3 is 0.987 bits per heavy atom. The van der Waals surface area contributed by atoms with E-state index in [0.717, 1.165) is 51.4 Å². The summed E-state index contributed by atoms with van der Waals surface area (Å²) in [5.74, 6) is -0.0554. The monoisotopic (exact) mass is 1100 g/mol. The fourth-order valence-corrected chi connectivity index (χ4v) is 11.0. The van der Waals surface area contributed by atoms with Gasteiger partial charge in [0, 0.05) is 12.8 Å². The van der Waals surface area contributed by atoms with Gasteiger partial charge in [0.1, 0.15) is 0 Å². The molecule has 0 aliphatic heterocycles. The van der Waals surface area contributed by atoms with E-state index in [1.54, 1.807) is 6.08 Å². The molecule has 1 amide bonds. The standard InChI is InChI=1S/C72H137NO5/c1-3-5-7-9-11-13-15-17-19-38-42-46-50-54-58-62-66-72(77)78-67-63-59-55-51-47-43-39-35-33-31-29-27-25-23-21-20-22-24-26-28-30-32-34-37-41-45-49-53-57-61-65-71(76)73-69(68-74)70(75)64-60-56-52-48-44-40-36-18-16-14-12-10-8-6-4-2/h13,15,19,38,60,64,69-70,74-75H,3-12,14,16-18,20-37,39-59,61-63,65-68H2,1-2H3,(H,73,76)/b15-13-,38-19-,64-60+. The number of hydrogen-bond acceptors (Lipinski definition) is 5. The molecular weight excluding hydrogens is 959 g/mol. The van der Waals surface area contributed by atoms with Crippen LogP contribution < -0.4 is 5.32 Å². The number of hydrogen-bond donors (Lipinski definition) is 3. The molecule has 6 heteroatoms. The first-order valence-electron chi connectivity index (χ1n) is 35.3. The lowest BCUT2D eigenvalue weighted by Gasteiger charge is -2.20. The first-order valence-corrected chi connectivity index (χ1v) is 35.3. The summed E-state index contributed by atoms with van der Waals surface area (Å²) in [5, 5.41) is 23.2. The molecule has 0 heterocycles. The van der Waals surface area contributed by atoms with Gasteiger partial charge in [0.2, 0.25) is 5.91 Å². The van der Waals surface area contributed by atoms with Crippen LogP contribution in [0.15, 0.2) is 36.5 Å². The number of rotatable bonds is 66. The maximum atomic E-state index is 12.5. The maximum absolute atomic E-state index is 12.5. The van der Waals surface area contributed by atoms with Crippen LogP contribution in [-0.2, 0) is 14.3 Å². The normalized spacial score (nSPS) is 12.7. The Bertz CT molecular complexity index is 1260. The minimum Gasteiger partial charge on any atom is -0.466 e. The number of allylic oxidation sites excluding steroid dienone is 5. The van der Waals surface area contributed by atoms with E-state index in [4.69, 9.17) is 4.74 Å². The van der Waals surface area contributed by atoms with Crippen molar-refractivity contribution in [1.29, 1.82) is 0 Å². The molecule has 2 atom stereocenters. The van der Waals surface area contributed by atoms with E-state index >= 15 is 0 Å².